The van der Waals surface area contributed by atoms with Crippen LogP contribution in [-0.4, -0.2) is 23.5 Å². The van der Waals surface area contributed by atoms with E-state index in [1.54, 1.807) is 0 Å². The summed E-state index contributed by atoms with van der Waals surface area (Å²) in [6.45, 7) is 6.26. The number of amides is 1. The molecule has 6 nitrogen and oxygen atoms in total. The van der Waals surface area contributed by atoms with Crippen molar-refractivity contribution < 1.29 is 18.8 Å². The lowest BCUT2D eigenvalue weighted by Gasteiger charge is -2.37. The fourth-order valence-corrected chi connectivity index (χ4v) is 3.44. The number of nitro benzene ring substituents is 1. The highest BCUT2D eigenvalue weighted by atomic mass is 19.1. The van der Waals surface area contributed by atoms with Gasteiger partial charge in [-0.2, -0.15) is 0 Å². The largest absolute Gasteiger partial charge is 0.368 e. The molecule has 1 N–H and O–H groups in total. The van der Waals surface area contributed by atoms with Crippen molar-refractivity contribution in [2.45, 2.75) is 46.1 Å². The molecule has 25 heavy (non-hydrogen) atoms. The Balaban J connectivity index is 1.98. The molecule has 1 saturated carbocycles. The van der Waals surface area contributed by atoms with Gasteiger partial charge in [0.1, 0.15) is 18.1 Å². The predicted octanol–water partition coefficient (Wildman–Crippen LogP) is 4.15. The van der Waals surface area contributed by atoms with E-state index in [0.717, 1.165) is 37.5 Å². The zero-order valence-corrected chi connectivity index (χ0v) is 14.8. The zero-order chi connectivity index (χ0) is 18.6. The Morgan fingerprint density at radius 3 is 2.80 bits per heavy atom. The first-order valence-electron chi connectivity index (χ1n) is 8.63. The Morgan fingerprint density at radius 1 is 1.44 bits per heavy atom. The smallest absolute Gasteiger partial charge is 0.292 e. The Kier molecular flexibility index (Phi) is 6.47. The van der Waals surface area contributed by atoms with E-state index in [1.165, 1.54) is 0 Å². The monoisotopic (exact) mass is 352 g/mol. The van der Waals surface area contributed by atoms with Crippen LogP contribution in [0, 0.1) is 33.7 Å². The van der Waals surface area contributed by atoms with Crippen molar-refractivity contribution >= 4 is 17.3 Å². The number of carbonyl (C=O) groups is 1. The average molecular weight is 352 g/mol. The van der Waals surface area contributed by atoms with Crippen LogP contribution in [0.3, 0.4) is 0 Å². The number of rotatable bonds is 6. The first-order chi connectivity index (χ1) is 11.8. The van der Waals surface area contributed by atoms with Crippen molar-refractivity contribution in [1.82, 2.24) is 0 Å². The maximum Gasteiger partial charge on any atom is 0.292 e. The summed E-state index contributed by atoms with van der Waals surface area (Å²) in [4.78, 5) is 22.4. The highest BCUT2D eigenvalue weighted by Crippen LogP contribution is 2.35. The summed E-state index contributed by atoms with van der Waals surface area (Å²) in [5, 5.41) is 13.4. The number of carbonyl (C=O) groups excluding carboxylic acids is 1. The van der Waals surface area contributed by atoms with Crippen LogP contribution in [0.2, 0.25) is 0 Å². The predicted molar refractivity (Wildman–Crippen MR) is 92.8 cm³/mol. The van der Waals surface area contributed by atoms with Crippen LogP contribution in [0.5, 0.6) is 0 Å². The number of nitrogens with one attached hydrogen (secondary N) is 1. The Labute approximate surface area is 146 Å². The van der Waals surface area contributed by atoms with Gasteiger partial charge in [-0.25, -0.2) is 4.39 Å². The molecule has 3 atom stereocenters. The molecule has 0 aromatic heterocycles. The lowest BCUT2D eigenvalue weighted by molar-refractivity contribution is -0.384. The van der Waals surface area contributed by atoms with Crippen molar-refractivity contribution in [3.8, 4) is 0 Å². The third-order valence-electron chi connectivity index (χ3n) is 4.82. The number of nitro groups is 1. The van der Waals surface area contributed by atoms with Crippen LogP contribution in [0.4, 0.5) is 15.8 Å². The quantitative estimate of drug-likeness (QED) is 0.616. The highest BCUT2D eigenvalue weighted by Gasteiger charge is 2.31. The van der Waals surface area contributed by atoms with Crippen molar-refractivity contribution in [3.05, 3.63) is 34.1 Å². The molecule has 1 fully saturated rings. The molecule has 0 heterocycles. The summed E-state index contributed by atoms with van der Waals surface area (Å²) in [6.07, 6.45) is 3.12. The fourth-order valence-electron chi connectivity index (χ4n) is 3.44. The standard InChI is InChI=1S/C18H25FN2O4/c1-11(2)14-6-4-12(3)8-17(14)25-10-18(22)20-15-9-13(19)5-7-16(15)21(23)24/h5,7,9,11-12,14,17H,4,6,8,10H2,1-3H3,(H,20,22). The van der Waals surface area contributed by atoms with E-state index in [9.17, 15) is 19.3 Å². The number of halogens is 1. The van der Waals surface area contributed by atoms with Crippen LogP contribution in [0.25, 0.3) is 0 Å². The molecule has 2 rings (SSSR count). The van der Waals surface area contributed by atoms with Crippen LogP contribution in [-0.2, 0) is 9.53 Å². The van der Waals surface area contributed by atoms with E-state index in [2.05, 4.69) is 26.1 Å². The fraction of sp³-hybridized carbons (Fsp3) is 0.611. The van der Waals surface area contributed by atoms with Gasteiger partial charge in [0.05, 0.1) is 11.0 Å². The maximum atomic E-state index is 13.3. The summed E-state index contributed by atoms with van der Waals surface area (Å²) in [7, 11) is 0. The normalized spacial score (nSPS) is 23.5. The van der Waals surface area contributed by atoms with E-state index < -0.39 is 16.6 Å². The van der Waals surface area contributed by atoms with Crippen molar-refractivity contribution in [2.75, 3.05) is 11.9 Å². The molecule has 1 amide bonds. The van der Waals surface area contributed by atoms with Gasteiger partial charge in [0.2, 0.25) is 0 Å². The number of nitrogens with zero attached hydrogens (tertiary/aromatic N) is 1. The van der Waals surface area contributed by atoms with E-state index in [1.807, 2.05) is 0 Å². The molecule has 0 spiro atoms. The van der Waals surface area contributed by atoms with Crippen molar-refractivity contribution in [1.29, 1.82) is 0 Å². The van der Waals surface area contributed by atoms with E-state index in [0.29, 0.717) is 17.8 Å². The first-order valence-corrected chi connectivity index (χ1v) is 8.63. The van der Waals surface area contributed by atoms with E-state index in [4.69, 9.17) is 4.74 Å². The average Bonchev–Trinajstić information content (AvgIpc) is 2.52. The molecule has 1 aromatic rings. The maximum absolute atomic E-state index is 13.3. The molecule has 138 valence electrons. The van der Waals surface area contributed by atoms with Gasteiger partial charge in [-0.1, -0.05) is 27.2 Å². The highest BCUT2D eigenvalue weighted by molar-refractivity contribution is 5.93. The minimum atomic E-state index is -0.659. The SMILES string of the molecule is CC1CCC(C(C)C)C(OCC(=O)Nc2cc(F)ccc2[N+](=O)[O-])C1. The van der Waals surface area contributed by atoms with Gasteiger partial charge in [0.25, 0.3) is 11.6 Å². The minimum absolute atomic E-state index is 0.00278. The topological polar surface area (TPSA) is 81.5 Å². The van der Waals surface area contributed by atoms with Gasteiger partial charge in [0, 0.05) is 12.1 Å². The molecule has 3 unspecified atom stereocenters. The first kappa shape index (κ1) is 19.3. The van der Waals surface area contributed by atoms with Crippen LogP contribution < -0.4 is 5.32 Å². The van der Waals surface area contributed by atoms with Crippen molar-refractivity contribution in [2.24, 2.45) is 17.8 Å². The third-order valence-corrected chi connectivity index (χ3v) is 4.82. The van der Waals surface area contributed by atoms with Gasteiger partial charge in [-0.05, 0) is 36.7 Å². The molecular formula is C18H25FN2O4. The number of hydrogen-bond acceptors (Lipinski definition) is 4. The van der Waals surface area contributed by atoms with Gasteiger partial charge >= 0.3 is 0 Å². The molecular weight excluding hydrogens is 327 g/mol. The number of ether oxygens (including phenoxy) is 1. The van der Waals surface area contributed by atoms with Gasteiger partial charge in [-0.15, -0.1) is 0 Å². The summed E-state index contributed by atoms with van der Waals surface area (Å²) in [5.74, 6) is 0.238. The minimum Gasteiger partial charge on any atom is -0.368 e. The van der Waals surface area contributed by atoms with Crippen LogP contribution >= 0.6 is 0 Å². The molecule has 0 bridgehead atoms. The summed E-state index contributed by atoms with van der Waals surface area (Å²) < 4.78 is 19.1. The Morgan fingerprint density at radius 2 is 2.16 bits per heavy atom. The molecule has 7 heteroatoms. The van der Waals surface area contributed by atoms with Crippen molar-refractivity contribution in [3.63, 3.8) is 0 Å². The number of anilines is 1. The molecule has 0 aliphatic heterocycles. The third kappa shape index (κ3) is 5.22. The lowest BCUT2D eigenvalue weighted by atomic mass is 9.75. The molecule has 0 saturated heterocycles. The molecule has 1 aliphatic carbocycles. The second kappa shape index (κ2) is 8.38. The molecule has 0 radical (unpaired) electrons. The summed E-state index contributed by atoms with van der Waals surface area (Å²) >= 11 is 0. The Bertz CT molecular complexity index is 636. The Hall–Kier alpha value is -2.02. The van der Waals surface area contributed by atoms with Crippen LogP contribution in [0.15, 0.2) is 18.2 Å². The van der Waals surface area contributed by atoms with Gasteiger partial charge < -0.3 is 10.1 Å². The second-order valence-corrected chi connectivity index (χ2v) is 7.14. The number of hydrogen-bond donors (Lipinski definition) is 1. The van der Waals surface area contributed by atoms with Gasteiger partial charge in [0.15, 0.2) is 0 Å². The van der Waals surface area contributed by atoms with E-state index in [-0.39, 0.29) is 24.1 Å². The summed E-state index contributed by atoms with van der Waals surface area (Å²) in [6, 6.07) is 2.96. The lowest BCUT2D eigenvalue weighted by Crippen LogP contribution is -2.36. The van der Waals surface area contributed by atoms with Crippen LogP contribution in [0.1, 0.15) is 40.0 Å². The zero-order valence-electron chi connectivity index (χ0n) is 14.8. The molecule has 1 aromatic carbocycles. The summed E-state index contributed by atoms with van der Waals surface area (Å²) in [5.41, 5.74) is -0.503. The van der Waals surface area contributed by atoms with Gasteiger partial charge in [-0.3, -0.25) is 14.9 Å². The van der Waals surface area contributed by atoms with E-state index >= 15 is 0 Å². The molecule has 1 aliphatic rings. The number of benzene rings is 1. The second-order valence-electron chi connectivity index (χ2n) is 7.14.